The number of rotatable bonds is 8. The molecule has 42 heavy (non-hydrogen) atoms. The fourth-order valence-corrected chi connectivity index (χ4v) is 6.33. The van der Waals surface area contributed by atoms with E-state index in [1.807, 2.05) is 11.8 Å². The normalized spacial score (nSPS) is 25.9. The fraction of sp³-hybridized carbons (Fsp3) is 0.645. The average Bonchev–Trinajstić information content (AvgIpc) is 3.01. The first-order valence-electron chi connectivity index (χ1n) is 15.0. The van der Waals surface area contributed by atoms with E-state index >= 15 is 0 Å². The molecule has 2 aromatic rings. The summed E-state index contributed by atoms with van der Waals surface area (Å²) in [7, 11) is 1.72. The van der Waals surface area contributed by atoms with Crippen molar-refractivity contribution in [2.45, 2.75) is 94.9 Å². The number of alkyl halides is 3. The Morgan fingerprint density at radius 3 is 2.60 bits per heavy atom. The number of ether oxygens (including phenoxy) is 3. The van der Waals surface area contributed by atoms with Gasteiger partial charge in [-0.25, -0.2) is 0 Å². The van der Waals surface area contributed by atoms with E-state index in [4.69, 9.17) is 14.2 Å². The van der Waals surface area contributed by atoms with Gasteiger partial charge in [-0.3, -0.25) is 4.79 Å². The summed E-state index contributed by atoms with van der Waals surface area (Å²) in [5.41, 5.74) is 2.33. The molecule has 8 nitrogen and oxygen atoms in total. The first kappa shape index (κ1) is 30.8. The average molecular weight is 591 g/mol. The van der Waals surface area contributed by atoms with Crippen LogP contribution in [-0.2, 0) is 26.8 Å². The molecule has 5 rings (SSSR count). The van der Waals surface area contributed by atoms with E-state index < -0.39 is 11.7 Å². The Labute approximate surface area is 245 Å². The number of aromatic nitrogens is 2. The molecule has 4 heterocycles. The maximum Gasteiger partial charge on any atom is 0.416 e. The summed E-state index contributed by atoms with van der Waals surface area (Å²) in [6, 6.07) is 5.87. The van der Waals surface area contributed by atoms with Crippen LogP contribution in [0.2, 0.25) is 0 Å². The molecule has 0 aliphatic carbocycles. The quantitative estimate of drug-likeness (QED) is 0.461. The minimum atomic E-state index is -4.35. The van der Waals surface area contributed by atoms with Crippen LogP contribution < -0.4 is 5.32 Å². The van der Waals surface area contributed by atoms with Crippen molar-refractivity contribution in [2.75, 3.05) is 33.4 Å². The fourth-order valence-electron chi connectivity index (χ4n) is 6.33. The highest BCUT2D eigenvalue weighted by Gasteiger charge is 2.33. The standard InChI is InChI=1S/C31H41F3N4O4/c1-20-22(8-11-25-4-3-5-27(42-25)21-6-9-23(10-7-21)31(32,33)34)18-35-37-29(20)30(39)38-15-12-24(13-16-38)36-26-14-17-41-19-28(26)40-2/h6-7,9-10,18,24-28,36H,3-5,8,11-17,19H2,1-2H3/t25-,26-,27+,28+/m1/s1. The molecule has 0 spiro atoms. The third kappa shape index (κ3) is 7.48. The molecular weight excluding hydrogens is 549 g/mol. The van der Waals surface area contributed by atoms with Crippen molar-refractivity contribution in [3.8, 4) is 0 Å². The second-order valence-electron chi connectivity index (χ2n) is 11.7. The lowest BCUT2D eigenvalue weighted by Gasteiger charge is -2.38. The summed E-state index contributed by atoms with van der Waals surface area (Å²) in [6.45, 7) is 4.57. The molecule has 1 N–H and O–H groups in total. The molecule has 0 bridgehead atoms. The van der Waals surface area contributed by atoms with Crippen LogP contribution in [0, 0.1) is 6.92 Å². The van der Waals surface area contributed by atoms with Gasteiger partial charge in [0, 0.05) is 38.9 Å². The second kappa shape index (κ2) is 13.8. The van der Waals surface area contributed by atoms with E-state index in [-0.39, 0.29) is 30.3 Å². The zero-order valence-corrected chi connectivity index (χ0v) is 24.4. The third-order valence-corrected chi connectivity index (χ3v) is 8.94. The van der Waals surface area contributed by atoms with Crippen molar-refractivity contribution in [1.29, 1.82) is 0 Å². The van der Waals surface area contributed by atoms with Crippen LogP contribution in [0.3, 0.4) is 0 Å². The van der Waals surface area contributed by atoms with Gasteiger partial charge in [-0.05, 0) is 87.1 Å². The molecule has 1 amide bonds. The summed E-state index contributed by atoms with van der Waals surface area (Å²) in [5, 5.41) is 12.1. The maximum absolute atomic E-state index is 13.4. The van der Waals surface area contributed by atoms with Gasteiger partial charge in [-0.15, -0.1) is 5.10 Å². The number of carbonyl (C=O) groups is 1. The van der Waals surface area contributed by atoms with Crippen LogP contribution in [0.5, 0.6) is 0 Å². The zero-order valence-electron chi connectivity index (χ0n) is 24.4. The SMILES string of the molecule is CO[C@H]1COCC[C@H]1NC1CCN(C(=O)c2nncc(CC[C@H]3CCC[C@@H](c4ccc(C(F)(F)F)cc4)O3)c2C)CC1. The second-order valence-corrected chi connectivity index (χ2v) is 11.7. The number of piperidine rings is 1. The molecule has 3 fully saturated rings. The molecule has 3 aliphatic heterocycles. The number of benzene rings is 1. The minimum absolute atomic E-state index is 0.0160. The molecule has 0 unspecified atom stereocenters. The van der Waals surface area contributed by atoms with Gasteiger partial charge in [0.1, 0.15) is 0 Å². The lowest BCUT2D eigenvalue weighted by Crippen LogP contribution is -2.54. The number of likely N-dealkylation sites (tertiary alicyclic amines) is 1. The molecule has 0 radical (unpaired) electrons. The first-order valence-corrected chi connectivity index (χ1v) is 15.0. The Balaban J connectivity index is 1.13. The Kier molecular flexibility index (Phi) is 10.1. The monoisotopic (exact) mass is 590 g/mol. The summed E-state index contributed by atoms with van der Waals surface area (Å²) in [6.07, 6.45) is 3.88. The van der Waals surface area contributed by atoms with Gasteiger partial charge in [0.05, 0.1) is 36.7 Å². The van der Waals surface area contributed by atoms with Gasteiger partial charge in [0.2, 0.25) is 0 Å². The zero-order chi connectivity index (χ0) is 29.7. The van der Waals surface area contributed by atoms with Crippen LogP contribution in [0.25, 0.3) is 0 Å². The molecule has 1 aromatic heterocycles. The highest BCUT2D eigenvalue weighted by atomic mass is 19.4. The predicted molar refractivity (Wildman–Crippen MR) is 150 cm³/mol. The Morgan fingerprint density at radius 1 is 1.12 bits per heavy atom. The van der Waals surface area contributed by atoms with E-state index in [0.29, 0.717) is 37.9 Å². The number of methoxy groups -OCH3 is 1. The molecule has 3 saturated heterocycles. The third-order valence-electron chi connectivity index (χ3n) is 8.94. The van der Waals surface area contributed by atoms with E-state index in [0.717, 1.165) is 80.4 Å². The van der Waals surface area contributed by atoms with Gasteiger partial charge < -0.3 is 24.4 Å². The molecule has 1 aromatic carbocycles. The van der Waals surface area contributed by atoms with E-state index in [1.165, 1.54) is 12.1 Å². The lowest BCUT2D eigenvalue weighted by atomic mass is 9.94. The van der Waals surface area contributed by atoms with Gasteiger partial charge in [-0.2, -0.15) is 18.3 Å². The molecule has 4 atom stereocenters. The number of hydrogen-bond acceptors (Lipinski definition) is 7. The summed E-state index contributed by atoms with van der Waals surface area (Å²) in [5.74, 6) is -0.0857. The van der Waals surface area contributed by atoms with Gasteiger partial charge >= 0.3 is 6.18 Å². The highest BCUT2D eigenvalue weighted by molar-refractivity contribution is 5.93. The number of halogens is 3. The number of amides is 1. The first-order chi connectivity index (χ1) is 20.2. The summed E-state index contributed by atoms with van der Waals surface area (Å²) >= 11 is 0. The number of nitrogens with one attached hydrogen (secondary N) is 1. The van der Waals surface area contributed by atoms with Crippen molar-refractivity contribution in [3.05, 3.63) is 58.4 Å². The summed E-state index contributed by atoms with van der Waals surface area (Å²) in [4.78, 5) is 15.3. The molecule has 3 aliphatic rings. The molecule has 230 valence electrons. The van der Waals surface area contributed by atoms with Crippen LogP contribution in [-0.4, -0.2) is 78.7 Å². The lowest BCUT2D eigenvalue weighted by molar-refractivity contribution is -0.137. The molecular formula is C31H41F3N4O4. The van der Waals surface area contributed by atoms with Crippen molar-refractivity contribution >= 4 is 5.91 Å². The largest absolute Gasteiger partial charge is 0.416 e. The molecule has 0 saturated carbocycles. The van der Waals surface area contributed by atoms with Crippen molar-refractivity contribution in [3.63, 3.8) is 0 Å². The van der Waals surface area contributed by atoms with E-state index in [1.54, 1.807) is 13.3 Å². The van der Waals surface area contributed by atoms with Crippen molar-refractivity contribution in [1.82, 2.24) is 20.4 Å². The van der Waals surface area contributed by atoms with Gasteiger partial charge in [0.25, 0.3) is 5.91 Å². The number of hydrogen-bond donors (Lipinski definition) is 1. The van der Waals surface area contributed by atoms with Gasteiger partial charge in [0.15, 0.2) is 5.69 Å². The van der Waals surface area contributed by atoms with Crippen molar-refractivity contribution < 1.29 is 32.2 Å². The Bertz CT molecular complexity index is 1190. The number of carbonyl (C=O) groups excluding carboxylic acids is 1. The van der Waals surface area contributed by atoms with Gasteiger partial charge in [-0.1, -0.05) is 12.1 Å². The van der Waals surface area contributed by atoms with Crippen LogP contribution >= 0.6 is 0 Å². The molecule has 11 heteroatoms. The predicted octanol–water partition coefficient (Wildman–Crippen LogP) is 5.04. The Hall–Kier alpha value is -2.60. The topological polar surface area (TPSA) is 85.8 Å². The smallest absolute Gasteiger partial charge is 0.379 e. The maximum atomic E-state index is 13.4. The number of nitrogens with zero attached hydrogens (tertiary/aromatic N) is 3. The van der Waals surface area contributed by atoms with Crippen LogP contribution in [0.1, 0.15) is 83.8 Å². The van der Waals surface area contributed by atoms with Crippen molar-refractivity contribution in [2.24, 2.45) is 0 Å². The van der Waals surface area contributed by atoms with E-state index in [2.05, 4.69) is 15.5 Å². The van der Waals surface area contributed by atoms with Crippen LogP contribution in [0.15, 0.2) is 30.5 Å². The van der Waals surface area contributed by atoms with E-state index in [9.17, 15) is 18.0 Å². The summed E-state index contributed by atoms with van der Waals surface area (Å²) < 4.78 is 56.2. The van der Waals surface area contributed by atoms with Crippen LogP contribution in [0.4, 0.5) is 13.2 Å². The highest BCUT2D eigenvalue weighted by Crippen LogP contribution is 2.35. The Morgan fingerprint density at radius 2 is 1.88 bits per heavy atom. The number of aryl methyl sites for hydroxylation is 1. The minimum Gasteiger partial charge on any atom is -0.379 e.